The zero-order chi connectivity index (χ0) is 16.2. The number of hydrogen-bond donors (Lipinski definition) is 1. The van der Waals surface area contributed by atoms with Crippen molar-refractivity contribution in [1.82, 2.24) is 15.2 Å². The summed E-state index contributed by atoms with van der Waals surface area (Å²) in [5, 5.41) is 7.41. The first-order valence-electron chi connectivity index (χ1n) is 7.57. The first kappa shape index (κ1) is 15.7. The zero-order valence-corrected chi connectivity index (χ0v) is 14.7. The highest BCUT2D eigenvalue weighted by atomic mass is 79.9. The highest BCUT2D eigenvalue weighted by Crippen LogP contribution is 2.34. The van der Waals surface area contributed by atoms with E-state index in [2.05, 4.69) is 44.1 Å². The van der Waals surface area contributed by atoms with Crippen LogP contribution in [0.5, 0.6) is 5.75 Å². The number of aromatic amines is 1. The van der Waals surface area contributed by atoms with Gasteiger partial charge in [0.15, 0.2) is 11.6 Å². The highest BCUT2D eigenvalue weighted by molar-refractivity contribution is 9.10. The molecule has 0 saturated carbocycles. The number of H-pyrrole nitrogens is 1. The Labute approximate surface area is 144 Å². The second kappa shape index (κ2) is 6.96. The Morgan fingerprint density at radius 3 is 2.65 bits per heavy atom. The van der Waals surface area contributed by atoms with Crippen molar-refractivity contribution in [1.29, 1.82) is 0 Å². The molecule has 0 aliphatic heterocycles. The summed E-state index contributed by atoms with van der Waals surface area (Å²) >= 11 is 3.55. The minimum atomic E-state index is 0.699. The van der Waals surface area contributed by atoms with E-state index in [1.807, 2.05) is 36.4 Å². The van der Waals surface area contributed by atoms with Gasteiger partial charge < -0.3 is 4.74 Å². The molecule has 0 aliphatic rings. The average molecular weight is 372 g/mol. The minimum absolute atomic E-state index is 0.699. The van der Waals surface area contributed by atoms with Crippen LogP contribution < -0.4 is 4.74 Å². The van der Waals surface area contributed by atoms with E-state index < -0.39 is 0 Å². The SMILES string of the molecule is CCCc1cc(Br)c(OC)cc1-c1nc(-c2ccccc2)n[nH]1. The quantitative estimate of drug-likeness (QED) is 0.696. The Morgan fingerprint density at radius 2 is 1.96 bits per heavy atom. The molecule has 0 amide bonds. The molecule has 23 heavy (non-hydrogen) atoms. The Hall–Kier alpha value is -2.14. The fourth-order valence-corrected chi connectivity index (χ4v) is 3.10. The fourth-order valence-electron chi connectivity index (χ4n) is 2.55. The predicted octanol–water partition coefficient (Wildman–Crippen LogP) is 4.86. The molecule has 0 fully saturated rings. The Morgan fingerprint density at radius 1 is 1.17 bits per heavy atom. The number of nitrogens with one attached hydrogen (secondary N) is 1. The average Bonchev–Trinajstić information content (AvgIpc) is 3.06. The van der Waals surface area contributed by atoms with E-state index in [4.69, 9.17) is 4.74 Å². The van der Waals surface area contributed by atoms with Crippen molar-refractivity contribution >= 4 is 15.9 Å². The molecule has 1 N–H and O–H groups in total. The van der Waals surface area contributed by atoms with Crippen molar-refractivity contribution in [2.24, 2.45) is 0 Å². The van der Waals surface area contributed by atoms with Crippen LogP contribution in [0.1, 0.15) is 18.9 Å². The summed E-state index contributed by atoms with van der Waals surface area (Å²) in [7, 11) is 1.67. The van der Waals surface area contributed by atoms with E-state index in [1.165, 1.54) is 5.56 Å². The maximum Gasteiger partial charge on any atom is 0.181 e. The number of halogens is 1. The van der Waals surface area contributed by atoms with Gasteiger partial charge in [-0.3, -0.25) is 5.10 Å². The molecule has 0 aliphatic carbocycles. The monoisotopic (exact) mass is 371 g/mol. The molecule has 1 aromatic heterocycles. The lowest BCUT2D eigenvalue weighted by Crippen LogP contribution is -1.95. The first-order chi connectivity index (χ1) is 11.2. The molecule has 3 aromatic rings. The van der Waals surface area contributed by atoms with Gasteiger partial charge >= 0.3 is 0 Å². The van der Waals surface area contributed by atoms with Gasteiger partial charge in [0.05, 0.1) is 11.6 Å². The van der Waals surface area contributed by atoms with Gasteiger partial charge in [0.1, 0.15) is 5.75 Å². The lowest BCUT2D eigenvalue weighted by atomic mass is 10.0. The van der Waals surface area contributed by atoms with Gasteiger partial charge in [-0.2, -0.15) is 5.10 Å². The number of ether oxygens (including phenoxy) is 1. The van der Waals surface area contributed by atoms with Gasteiger partial charge in [-0.1, -0.05) is 43.7 Å². The van der Waals surface area contributed by atoms with E-state index in [1.54, 1.807) is 7.11 Å². The second-order valence-electron chi connectivity index (χ2n) is 5.27. The van der Waals surface area contributed by atoms with Gasteiger partial charge in [0.25, 0.3) is 0 Å². The minimum Gasteiger partial charge on any atom is -0.496 e. The van der Waals surface area contributed by atoms with Gasteiger partial charge in [-0.15, -0.1) is 0 Å². The fraction of sp³-hybridized carbons (Fsp3) is 0.222. The maximum atomic E-state index is 5.42. The molecule has 0 radical (unpaired) electrons. The van der Waals surface area contributed by atoms with Crippen molar-refractivity contribution in [3.8, 4) is 28.5 Å². The number of rotatable bonds is 5. The standard InChI is InChI=1S/C18H18BrN3O/c1-3-7-13-10-15(19)16(23-2)11-14(13)18-20-17(21-22-18)12-8-5-4-6-9-12/h4-6,8-11H,3,7H2,1-2H3,(H,20,21,22). The van der Waals surface area contributed by atoms with Crippen LogP contribution in [0.4, 0.5) is 0 Å². The third-order valence-electron chi connectivity index (χ3n) is 3.67. The van der Waals surface area contributed by atoms with E-state index in [0.29, 0.717) is 5.82 Å². The molecule has 0 saturated heterocycles. The third-order valence-corrected chi connectivity index (χ3v) is 4.29. The van der Waals surface area contributed by atoms with Crippen LogP contribution in [0.3, 0.4) is 0 Å². The first-order valence-corrected chi connectivity index (χ1v) is 8.36. The van der Waals surface area contributed by atoms with Crippen LogP contribution in [0.15, 0.2) is 46.9 Å². The number of aromatic nitrogens is 3. The van der Waals surface area contributed by atoms with Crippen molar-refractivity contribution < 1.29 is 4.74 Å². The number of nitrogens with zero attached hydrogens (tertiary/aromatic N) is 2. The van der Waals surface area contributed by atoms with Crippen molar-refractivity contribution in [3.05, 3.63) is 52.5 Å². The number of hydrogen-bond acceptors (Lipinski definition) is 3. The molecular weight excluding hydrogens is 354 g/mol. The van der Waals surface area contributed by atoms with Crippen LogP contribution in [0.25, 0.3) is 22.8 Å². The summed E-state index contributed by atoms with van der Waals surface area (Å²) < 4.78 is 6.38. The predicted molar refractivity (Wildman–Crippen MR) is 95.5 cm³/mol. The molecule has 2 aromatic carbocycles. The van der Waals surface area contributed by atoms with Gasteiger partial charge in [0.2, 0.25) is 0 Å². The van der Waals surface area contributed by atoms with Gasteiger partial charge in [-0.05, 0) is 40.0 Å². The Balaban J connectivity index is 2.06. The van der Waals surface area contributed by atoms with Crippen molar-refractivity contribution in [3.63, 3.8) is 0 Å². The van der Waals surface area contributed by atoms with E-state index >= 15 is 0 Å². The van der Waals surface area contributed by atoms with Crippen molar-refractivity contribution in [2.75, 3.05) is 7.11 Å². The summed E-state index contributed by atoms with van der Waals surface area (Å²) in [6.07, 6.45) is 2.03. The molecule has 5 heteroatoms. The van der Waals surface area contributed by atoms with Crippen LogP contribution in [-0.2, 0) is 6.42 Å². The normalized spacial score (nSPS) is 10.7. The lowest BCUT2D eigenvalue weighted by Gasteiger charge is -2.11. The molecule has 118 valence electrons. The number of methoxy groups -OCH3 is 1. The molecule has 0 atom stereocenters. The van der Waals surface area contributed by atoms with Gasteiger partial charge in [-0.25, -0.2) is 4.98 Å². The summed E-state index contributed by atoms with van der Waals surface area (Å²) in [6.45, 7) is 2.16. The van der Waals surface area contributed by atoms with Gasteiger partial charge in [0, 0.05) is 11.1 Å². The number of aryl methyl sites for hydroxylation is 1. The third kappa shape index (κ3) is 3.29. The zero-order valence-electron chi connectivity index (χ0n) is 13.1. The smallest absolute Gasteiger partial charge is 0.181 e. The van der Waals surface area contributed by atoms with Crippen molar-refractivity contribution in [2.45, 2.75) is 19.8 Å². The molecule has 4 nitrogen and oxygen atoms in total. The molecule has 0 bridgehead atoms. The lowest BCUT2D eigenvalue weighted by molar-refractivity contribution is 0.412. The Kier molecular flexibility index (Phi) is 4.76. The van der Waals surface area contributed by atoms with E-state index in [-0.39, 0.29) is 0 Å². The van der Waals surface area contributed by atoms with Crippen LogP contribution in [0.2, 0.25) is 0 Å². The topological polar surface area (TPSA) is 50.8 Å². The van der Waals surface area contributed by atoms with Crippen LogP contribution >= 0.6 is 15.9 Å². The molecule has 0 spiro atoms. The highest BCUT2D eigenvalue weighted by Gasteiger charge is 2.14. The van der Waals surface area contributed by atoms with E-state index in [0.717, 1.165) is 40.0 Å². The largest absolute Gasteiger partial charge is 0.496 e. The van der Waals surface area contributed by atoms with Crippen LogP contribution in [-0.4, -0.2) is 22.3 Å². The maximum absolute atomic E-state index is 5.42. The summed E-state index contributed by atoms with van der Waals surface area (Å²) in [6, 6.07) is 14.1. The molecule has 1 heterocycles. The second-order valence-corrected chi connectivity index (χ2v) is 6.12. The Bertz CT molecular complexity index is 799. The summed E-state index contributed by atoms with van der Waals surface area (Å²) in [4.78, 5) is 4.66. The van der Waals surface area contributed by atoms with E-state index in [9.17, 15) is 0 Å². The van der Waals surface area contributed by atoms with Crippen LogP contribution in [0, 0.1) is 0 Å². The molecule has 3 rings (SSSR count). The summed E-state index contributed by atoms with van der Waals surface area (Å²) in [5.74, 6) is 2.25. The summed E-state index contributed by atoms with van der Waals surface area (Å²) in [5.41, 5.74) is 3.24. The molecule has 0 unspecified atom stereocenters. The molecular formula is C18H18BrN3O. The number of benzene rings is 2.